The number of nitrogens with zero attached hydrogens (tertiary/aromatic N) is 3. The molecule has 3 rings (SSSR count). The molecule has 0 fully saturated rings. The zero-order valence-electron chi connectivity index (χ0n) is 12.2. The van der Waals surface area contributed by atoms with Crippen molar-refractivity contribution in [3.8, 4) is 17.2 Å². The van der Waals surface area contributed by atoms with Gasteiger partial charge < -0.3 is 15.3 Å². The third-order valence-corrected chi connectivity index (χ3v) is 4.12. The number of aromatic hydroxyl groups is 1. The van der Waals surface area contributed by atoms with E-state index < -0.39 is 4.92 Å². The quantitative estimate of drug-likeness (QED) is 0.237. The molecule has 24 heavy (non-hydrogen) atoms. The number of rotatable bonds is 5. The van der Waals surface area contributed by atoms with Gasteiger partial charge in [-0.25, -0.2) is 0 Å². The van der Waals surface area contributed by atoms with Crippen LogP contribution in [0, 0.1) is 10.1 Å². The summed E-state index contributed by atoms with van der Waals surface area (Å²) in [7, 11) is 0. The number of non-ortho nitro benzene ring substituents is 1. The second-order valence-corrected chi connectivity index (χ2v) is 5.75. The van der Waals surface area contributed by atoms with Crippen molar-refractivity contribution in [1.82, 2.24) is 10.2 Å². The lowest BCUT2D eigenvalue weighted by molar-refractivity contribution is -0.384. The molecule has 0 unspecified atom stereocenters. The molecule has 1 heterocycles. The number of thioether (sulfide) groups is 1. The highest BCUT2D eigenvalue weighted by Gasteiger charge is 2.14. The molecule has 0 spiro atoms. The van der Waals surface area contributed by atoms with E-state index in [1.165, 1.54) is 30.0 Å². The minimum Gasteiger partial charge on any atom is -0.506 e. The number of hydrogen-bond donors (Lipinski definition) is 2. The zero-order valence-corrected chi connectivity index (χ0v) is 13.1. The molecule has 0 saturated heterocycles. The smallest absolute Gasteiger partial charge is 0.277 e. The van der Waals surface area contributed by atoms with Gasteiger partial charge >= 0.3 is 0 Å². The van der Waals surface area contributed by atoms with Crippen LogP contribution in [0.5, 0.6) is 5.75 Å². The van der Waals surface area contributed by atoms with Crippen LogP contribution in [0.2, 0.25) is 0 Å². The van der Waals surface area contributed by atoms with Crippen molar-refractivity contribution in [3.05, 3.63) is 58.1 Å². The van der Waals surface area contributed by atoms with E-state index in [-0.39, 0.29) is 23.0 Å². The van der Waals surface area contributed by atoms with Gasteiger partial charge in [-0.05, 0) is 17.7 Å². The maximum absolute atomic E-state index is 10.6. The number of benzene rings is 2. The molecule has 8 nitrogen and oxygen atoms in total. The predicted molar refractivity (Wildman–Crippen MR) is 88.5 cm³/mol. The van der Waals surface area contributed by atoms with Gasteiger partial charge in [-0.2, -0.15) is 0 Å². The summed E-state index contributed by atoms with van der Waals surface area (Å²) >= 11 is 1.30. The molecule has 0 aliphatic heterocycles. The largest absolute Gasteiger partial charge is 0.506 e. The van der Waals surface area contributed by atoms with E-state index in [0.717, 1.165) is 5.56 Å². The minimum absolute atomic E-state index is 0.0446. The number of para-hydroxylation sites is 1. The van der Waals surface area contributed by atoms with Crippen molar-refractivity contribution in [2.45, 2.75) is 11.0 Å². The number of aromatic nitrogens is 2. The van der Waals surface area contributed by atoms with Gasteiger partial charge in [-0.15, -0.1) is 10.2 Å². The van der Waals surface area contributed by atoms with Gasteiger partial charge in [0.2, 0.25) is 0 Å². The van der Waals surface area contributed by atoms with Crippen LogP contribution in [0.1, 0.15) is 5.56 Å². The predicted octanol–water partition coefficient (Wildman–Crippen LogP) is 3.22. The SMILES string of the molecule is Nc1c(O)cccc1-c1nnc(SCc2ccc([N+](=O)[O-])cc2)o1. The van der Waals surface area contributed by atoms with E-state index in [9.17, 15) is 15.2 Å². The molecule has 0 aliphatic rings. The molecule has 0 aliphatic carbocycles. The highest BCUT2D eigenvalue weighted by Crippen LogP contribution is 2.33. The lowest BCUT2D eigenvalue weighted by Crippen LogP contribution is -1.90. The Morgan fingerprint density at radius 3 is 2.67 bits per heavy atom. The van der Waals surface area contributed by atoms with Crippen molar-refractivity contribution < 1.29 is 14.4 Å². The molecular weight excluding hydrogens is 332 g/mol. The van der Waals surface area contributed by atoms with Crippen molar-refractivity contribution in [3.63, 3.8) is 0 Å². The summed E-state index contributed by atoms with van der Waals surface area (Å²) in [5.41, 5.74) is 7.36. The van der Waals surface area contributed by atoms with Gasteiger partial charge in [0.1, 0.15) is 5.75 Å². The van der Waals surface area contributed by atoms with E-state index in [1.807, 2.05) is 0 Å². The third kappa shape index (κ3) is 3.30. The number of phenolic OH excluding ortho intramolecular Hbond substituents is 1. The van der Waals surface area contributed by atoms with Crippen LogP contribution in [0.15, 0.2) is 52.1 Å². The van der Waals surface area contributed by atoms with Gasteiger partial charge in [0.15, 0.2) is 0 Å². The fourth-order valence-corrected chi connectivity index (χ4v) is 2.69. The van der Waals surface area contributed by atoms with Gasteiger partial charge in [0.25, 0.3) is 16.8 Å². The van der Waals surface area contributed by atoms with Crippen LogP contribution in [0.4, 0.5) is 11.4 Å². The Kier molecular flexibility index (Phi) is 4.34. The lowest BCUT2D eigenvalue weighted by atomic mass is 10.1. The maximum Gasteiger partial charge on any atom is 0.277 e. The summed E-state index contributed by atoms with van der Waals surface area (Å²) in [4.78, 5) is 10.2. The molecule has 3 N–H and O–H groups in total. The topological polar surface area (TPSA) is 128 Å². The van der Waals surface area contributed by atoms with Crippen LogP contribution in [-0.4, -0.2) is 20.2 Å². The Balaban J connectivity index is 1.70. The van der Waals surface area contributed by atoms with Crippen LogP contribution in [0.3, 0.4) is 0 Å². The van der Waals surface area contributed by atoms with E-state index in [2.05, 4.69) is 10.2 Å². The number of hydrogen-bond acceptors (Lipinski definition) is 8. The summed E-state index contributed by atoms with van der Waals surface area (Å²) < 4.78 is 5.53. The summed E-state index contributed by atoms with van der Waals surface area (Å²) in [6.07, 6.45) is 0. The Morgan fingerprint density at radius 1 is 1.21 bits per heavy atom. The summed E-state index contributed by atoms with van der Waals surface area (Å²) in [5.74, 6) is 0.690. The van der Waals surface area contributed by atoms with E-state index in [4.69, 9.17) is 10.2 Å². The standard InChI is InChI=1S/C15H12N4O4S/c16-13-11(2-1-3-12(13)20)14-17-18-15(23-14)24-8-9-4-6-10(7-5-9)19(21)22/h1-7,20H,8,16H2. The second-order valence-electron chi connectivity index (χ2n) is 4.82. The molecular formula is C15H12N4O4S. The fraction of sp³-hybridized carbons (Fsp3) is 0.0667. The maximum atomic E-state index is 10.6. The number of nitro benzene ring substituents is 1. The minimum atomic E-state index is -0.444. The fourth-order valence-electron chi connectivity index (χ4n) is 1.98. The number of nitro groups is 1. The van der Waals surface area contributed by atoms with E-state index in [0.29, 0.717) is 16.5 Å². The number of nitrogens with two attached hydrogens (primary N) is 1. The molecule has 122 valence electrons. The first-order valence-corrected chi connectivity index (χ1v) is 7.80. The van der Waals surface area contributed by atoms with Crippen LogP contribution in [-0.2, 0) is 5.75 Å². The molecule has 3 aromatic rings. The Bertz CT molecular complexity index is 879. The molecule has 0 atom stereocenters. The molecule has 0 saturated carbocycles. The number of nitrogen functional groups attached to an aromatic ring is 1. The van der Waals surface area contributed by atoms with Crippen molar-refractivity contribution in [1.29, 1.82) is 0 Å². The Hall–Kier alpha value is -3.07. The number of anilines is 1. The first-order chi connectivity index (χ1) is 11.5. The highest BCUT2D eigenvalue weighted by molar-refractivity contribution is 7.98. The van der Waals surface area contributed by atoms with E-state index in [1.54, 1.807) is 24.3 Å². The third-order valence-electron chi connectivity index (χ3n) is 3.23. The Labute approximate surface area is 140 Å². The zero-order chi connectivity index (χ0) is 17.1. The average Bonchev–Trinajstić information content (AvgIpc) is 3.04. The van der Waals surface area contributed by atoms with Gasteiger partial charge in [0.05, 0.1) is 16.2 Å². The molecule has 1 aromatic heterocycles. The summed E-state index contributed by atoms with van der Waals surface area (Å²) in [5, 5.41) is 28.4. The van der Waals surface area contributed by atoms with Gasteiger partial charge in [0, 0.05) is 17.9 Å². The summed E-state index contributed by atoms with van der Waals surface area (Å²) in [6.45, 7) is 0. The first-order valence-electron chi connectivity index (χ1n) is 6.82. The molecule has 2 aromatic carbocycles. The second kappa shape index (κ2) is 6.59. The lowest BCUT2D eigenvalue weighted by Gasteiger charge is -2.02. The molecule has 9 heteroatoms. The average molecular weight is 344 g/mol. The Morgan fingerprint density at radius 2 is 1.96 bits per heavy atom. The monoisotopic (exact) mass is 344 g/mol. The van der Waals surface area contributed by atoms with Crippen LogP contribution < -0.4 is 5.73 Å². The molecule has 0 amide bonds. The summed E-state index contributed by atoms with van der Waals surface area (Å²) in [6, 6.07) is 11.0. The van der Waals surface area contributed by atoms with Crippen molar-refractivity contribution >= 4 is 23.1 Å². The van der Waals surface area contributed by atoms with Crippen molar-refractivity contribution in [2.75, 3.05) is 5.73 Å². The van der Waals surface area contributed by atoms with Crippen molar-refractivity contribution in [2.24, 2.45) is 0 Å². The number of phenols is 1. The van der Waals surface area contributed by atoms with Gasteiger partial charge in [-0.3, -0.25) is 10.1 Å². The molecule has 0 bridgehead atoms. The van der Waals surface area contributed by atoms with Crippen LogP contribution >= 0.6 is 11.8 Å². The molecule has 0 radical (unpaired) electrons. The van der Waals surface area contributed by atoms with Crippen LogP contribution in [0.25, 0.3) is 11.5 Å². The highest BCUT2D eigenvalue weighted by atomic mass is 32.2. The van der Waals surface area contributed by atoms with E-state index >= 15 is 0 Å². The first kappa shape index (κ1) is 15.8. The normalized spacial score (nSPS) is 10.7. The van der Waals surface area contributed by atoms with Gasteiger partial charge in [-0.1, -0.05) is 30.0 Å².